The van der Waals surface area contributed by atoms with Crippen molar-refractivity contribution in [1.82, 2.24) is 0 Å². The van der Waals surface area contributed by atoms with Crippen LogP contribution in [0.5, 0.6) is 0 Å². The first-order valence-corrected chi connectivity index (χ1v) is 5.25. The van der Waals surface area contributed by atoms with Crippen LogP contribution in [-0.2, 0) is 9.47 Å². The number of methoxy groups -OCH3 is 2. The molecule has 92 valence electrons. The first kappa shape index (κ1) is 13.9. The molecule has 1 unspecified atom stereocenters. The standard InChI is InChI=1S/C12H12N4O2/c1-9-4-10(5-13,6-14)11(7-15,8-16)12(9,17-2)18-3/h9H,4H2,1-3H3. The Bertz CT molecular complexity index is 482. The van der Waals surface area contributed by atoms with E-state index in [0.29, 0.717) is 0 Å². The van der Waals surface area contributed by atoms with Crippen molar-refractivity contribution in [3.63, 3.8) is 0 Å². The molecule has 0 bridgehead atoms. The molecule has 0 aliphatic heterocycles. The predicted octanol–water partition coefficient (Wildman–Crippen LogP) is 1.08. The van der Waals surface area contributed by atoms with Crippen LogP contribution in [0, 0.1) is 62.1 Å². The van der Waals surface area contributed by atoms with Crippen molar-refractivity contribution in [2.45, 2.75) is 19.1 Å². The third kappa shape index (κ3) is 1.14. The van der Waals surface area contributed by atoms with Gasteiger partial charge in [0.25, 0.3) is 0 Å². The lowest BCUT2D eigenvalue weighted by Crippen LogP contribution is -2.54. The number of nitrogens with zero attached hydrogens (tertiary/aromatic N) is 4. The quantitative estimate of drug-likeness (QED) is 0.671. The summed E-state index contributed by atoms with van der Waals surface area (Å²) < 4.78 is 10.5. The zero-order chi connectivity index (χ0) is 14.0. The van der Waals surface area contributed by atoms with Gasteiger partial charge >= 0.3 is 0 Å². The highest BCUT2D eigenvalue weighted by molar-refractivity contribution is 5.42. The predicted molar refractivity (Wildman–Crippen MR) is 57.8 cm³/mol. The van der Waals surface area contributed by atoms with Crippen molar-refractivity contribution in [1.29, 1.82) is 21.0 Å². The Balaban J connectivity index is 3.72. The number of hydrogen-bond acceptors (Lipinski definition) is 6. The van der Waals surface area contributed by atoms with Crippen LogP contribution in [0.15, 0.2) is 0 Å². The average Bonchev–Trinajstić information content (AvgIpc) is 2.64. The van der Waals surface area contributed by atoms with E-state index < -0.39 is 22.5 Å². The summed E-state index contributed by atoms with van der Waals surface area (Å²) >= 11 is 0. The average molecular weight is 244 g/mol. The van der Waals surface area contributed by atoms with Gasteiger partial charge in [0.05, 0.1) is 24.3 Å². The summed E-state index contributed by atoms with van der Waals surface area (Å²) in [6.07, 6.45) is 0.0444. The van der Waals surface area contributed by atoms with Crippen LogP contribution in [-0.4, -0.2) is 20.0 Å². The number of hydrogen-bond donors (Lipinski definition) is 0. The number of rotatable bonds is 2. The molecule has 0 saturated heterocycles. The number of ether oxygens (including phenoxy) is 2. The maximum absolute atomic E-state index is 9.40. The van der Waals surface area contributed by atoms with Crippen LogP contribution in [0.25, 0.3) is 0 Å². The van der Waals surface area contributed by atoms with Gasteiger partial charge in [-0.2, -0.15) is 21.0 Å². The van der Waals surface area contributed by atoms with Gasteiger partial charge in [-0.15, -0.1) is 0 Å². The lowest BCUT2D eigenvalue weighted by molar-refractivity contribution is -0.260. The molecule has 6 heteroatoms. The van der Waals surface area contributed by atoms with Crippen LogP contribution < -0.4 is 0 Å². The minimum atomic E-state index is -1.98. The molecule has 0 aromatic heterocycles. The van der Waals surface area contributed by atoms with Gasteiger partial charge in [-0.25, -0.2) is 0 Å². The van der Waals surface area contributed by atoms with E-state index in [4.69, 9.17) is 9.47 Å². The molecule has 1 atom stereocenters. The summed E-state index contributed by atoms with van der Waals surface area (Å²) in [5.74, 6) is -2.02. The fraction of sp³-hybridized carbons (Fsp3) is 0.667. The maximum atomic E-state index is 9.40. The molecule has 1 rings (SSSR count). The van der Waals surface area contributed by atoms with Crippen LogP contribution in [0.2, 0.25) is 0 Å². The van der Waals surface area contributed by atoms with E-state index in [2.05, 4.69) is 0 Å². The molecule has 6 nitrogen and oxygen atoms in total. The van der Waals surface area contributed by atoms with Crippen LogP contribution in [0.1, 0.15) is 13.3 Å². The van der Waals surface area contributed by atoms with Gasteiger partial charge in [-0.1, -0.05) is 6.92 Å². The second-order valence-electron chi connectivity index (χ2n) is 4.28. The monoisotopic (exact) mass is 244 g/mol. The van der Waals surface area contributed by atoms with Crippen molar-refractivity contribution in [2.75, 3.05) is 14.2 Å². The van der Waals surface area contributed by atoms with Gasteiger partial charge in [-0.3, -0.25) is 0 Å². The van der Waals surface area contributed by atoms with E-state index in [1.807, 2.05) is 12.1 Å². The molecule has 1 saturated carbocycles. The van der Waals surface area contributed by atoms with Crippen LogP contribution in [0.3, 0.4) is 0 Å². The molecule has 0 N–H and O–H groups in total. The van der Waals surface area contributed by atoms with Gasteiger partial charge in [0.15, 0.2) is 5.41 Å². The molecule has 1 fully saturated rings. The summed E-state index contributed by atoms with van der Waals surface area (Å²) in [4.78, 5) is 0. The first-order valence-electron chi connectivity index (χ1n) is 5.25. The third-order valence-corrected chi connectivity index (χ3v) is 3.75. The fourth-order valence-corrected chi connectivity index (χ4v) is 2.86. The van der Waals surface area contributed by atoms with Crippen molar-refractivity contribution in [2.24, 2.45) is 16.7 Å². The molecule has 0 aromatic rings. The molecule has 1 aliphatic rings. The summed E-state index contributed by atoms with van der Waals surface area (Å²) in [6, 6.07) is 7.19. The van der Waals surface area contributed by atoms with Gasteiger partial charge in [0.2, 0.25) is 11.2 Å². The highest BCUT2D eigenvalue weighted by Gasteiger charge is 2.76. The lowest BCUT2D eigenvalue weighted by atomic mass is 9.66. The lowest BCUT2D eigenvalue weighted by Gasteiger charge is -2.39. The third-order valence-electron chi connectivity index (χ3n) is 3.75. The number of nitriles is 4. The van der Waals surface area contributed by atoms with E-state index in [1.54, 1.807) is 19.1 Å². The fourth-order valence-electron chi connectivity index (χ4n) is 2.86. The van der Waals surface area contributed by atoms with Gasteiger partial charge in [0.1, 0.15) is 0 Å². The molecule has 0 spiro atoms. The van der Waals surface area contributed by atoms with Crippen molar-refractivity contribution in [3.05, 3.63) is 0 Å². The summed E-state index contributed by atoms with van der Waals surface area (Å²) in [7, 11) is 2.60. The molecular formula is C12H12N4O2. The Kier molecular flexibility index (Phi) is 3.32. The topological polar surface area (TPSA) is 114 Å². The maximum Gasteiger partial charge on any atom is 0.228 e. The largest absolute Gasteiger partial charge is 0.350 e. The first-order chi connectivity index (χ1) is 8.49. The summed E-state index contributed by atoms with van der Waals surface area (Å²) in [5.41, 5.74) is -3.74. The molecule has 0 radical (unpaired) electrons. The van der Waals surface area contributed by atoms with E-state index in [0.717, 1.165) is 0 Å². The van der Waals surface area contributed by atoms with Gasteiger partial charge in [-0.05, 0) is 6.42 Å². The Hall–Kier alpha value is -2.12. The zero-order valence-corrected chi connectivity index (χ0v) is 10.4. The minimum Gasteiger partial charge on any atom is -0.350 e. The summed E-state index contributed by atoms with van der Waals surface area (Å²) in [5, 5.41) is 37.3. The highest BCUT2D eigenvalue weighted by Crippen LogP contribution is 2.61. The molecular weight excluding hydrogens is 232 g/mol. The minimum absolute atomic E-state index is 0.0444. The smallest absolute Gasteiger partial charge is 0.228 e. The van der Waals surface area contributed by atoms with E-state index >= 15 is 0 Å². The van der Waals surface area contributed by atoms with Crippen molar-refractivity contribution < 1.29 is 9.47 Å². The second kappa shape index (κ2) is 4.28. The molecule has 0 heterocycles. The summed E-state index contributed by atoms with van der Waals surface area (Å²) in [6.45, 7) is 1.69. The normalized spacial score (nSPS) is 26.3. The molecule has 0 amide bonds. The van der Waals surface area contributed by atoms with E-state index in [1.165, 1.54) is 14.2 Å². The Morgan fingerprint density at radius 1 is 0.944 bits per heavy atom. The molecule has 18 heavy (non-hydrogen) atoms. The van der Waals surface area contributed by atoms with E-state index in [-0.39, 0.29) is 6.42 Å². The Morgan fingerprint density at radius 2 is 1.39 bits per heavy atom. The van der Waals surface area contributed by atoms with Crippen LogP contribution >= 0.6 is 0 Å². The van der Waals surface area contributed by atoms with Crippen molar-refractivity contribution in [3.8, 4) is 24.3 Å². The zero-order valence-electron chi connectivity index (χ0n) is 10.4. The van der Waals surface area contributed by atoms with Crippen molar-refractivity contribution >= 4 is 0 Å². The molecule has 0 aromatic carbocycles. The molecule has 1 aliphatic carbocycles. The Morgan fingerprint density at radius 3 is 1.67 bits per heavy atom. The SMILES string of the molecule is COC1(OC)C(C)CC(C#N)(C#N)C1(C#N)C#N. The highest BCUT2D eigenvalue weighted by atomic mass is 16.7. The second-order valence-corrected chi connectivity index (χ2v) is 4.28. The van der Waals surface area contributed by atoms with E-state index in [9.17, 15) is 21.0 Å². The van der Waals surface area contributed by atoms with Gasteiger partial charge in [0, 0.05) is 20.1 Å². The van der Waals surface area contributed by atoms with Crippen LogP contribution in [0.4, 0.5) is 0 Å². The van der Waals surface area contributed by atoms with Gasteiger partial charge < -0.3 is 9.47 Å². The Labute approximate surface area is 106 Å².